The maximum absolute atomic E-state index is 12.3. The zero-order valence-electron chi connectivity index (χ0n) is 16.2. The fourth-order valence-corrected chi connectivity index (χ4v) is 2.59. The Labute approximate surface area is 173 Å². The highest BCUT2D eigenvalue weighted by Gasteiger charge is 2.13. The van der Waals surface area contributed by atoms with Crippen molar-refractivity contribution in [1.29, 1.82) is 0 Å². The second-order valence-electron chi connectivity index (χ2n) is 6.15. The second-order valence-corrected chi connectivity index (χ2v) is 6.15. The zero-order chi connectivity index (χ0) is 21.3. The first kappa shape index (κ1) is 20.6. The molecule has 3 aromatic rings. The molecule has 0 aliphatic carbocycles. The number of benzene rings is 3. The Hall–Kier alpha value is -4.13. The molecule has 0 atom stereocenters. The van der Waals surface area contributed by atoms with E-state index in [1.807, 2.05) is 13.0 Å². The van der Waals surface area contributed by atoms with Crippen LogP contribution in [0, 0.1) is 0 Å². The number of rotatable bonds is 8. The highest BCUT2D eigenvalue weighted by Crippen LogP contribution is 2.29. The van der Waals surface area contributed by atoms with Crippen LogP contribution in [0.3, 0.4) is 0 Å². The molecular weight excluding hydrogens is 384 g/mol. The van der Waals surface area contributed by atoms with Gasteiger partial charge in [-0.15, -0.1) is 0 Å². The predicted molar refractivity (Wildman–Crippen MR) is 114 cm³/mol. The van der Waals surface area contributed by atoms with Crippen LogP contribution in [0.2, 0.25) is 0 Å². The van der Waals surface area contributed by atoms with Crippen LogP contribution in [-0.4, -0.2) is 29.9 Å². The van der Waals surface area contributed by atoms with Crippen molar-refractivity contribution < 1.29 is 24.2 Å². The Bertz CT molecular complexity index is 1060. The lowest BCUT2D eigenvalue weighted by atomic mass is 10.2. The minimum atomic E-state index is -1.01. The van der Waals surface area contributed by atoms with Gasteiger partial charge in [-0.3, -0.25) is 5.43 Å². The summed E-state index contributed by atoms with van der Waals surface area (Å²) in [7, 11) is 0. The number of carboxylic acids is 1. The zero-order valence-corrected chi connectivity index (χ0v) is 16.2. The number of carbonyl (C=O) groups excluding carboxylic acids is 1. The number of carbonyl (C=O) groups is 2. The van der Waals surface area contributed by atoms with Crippen LogP contribution in [0.1, 0.15) is 33.2 Å². The first-order chi connectivity index (χ1) is 14.6. The molecule has 7 nitrogen and oxygen atoms in total. The molecule has 3 aromatic carbocycles. The third kappa shape index (κ3) is 5.45. The van der Waals surface area contributed by atoms with E-state index in [1.54, 1.807) is 60.8 Å². The summed E-state index contributed by atoms with van der Waals surface area (Å²) in [6, 6.07) is 20.1. The van der Waals surface area contributed by atoms with E-state index in [0.29, 0.717) is 34.9 Å². The highest BCUT2D eigenvalue weighted by atomic mass is 16.6. The summed E-state index contributed by atoms with van der Waals surface area (Å²) in [6.07, 6.45) is 1.55. The summed E-state index contributed by atoms with van der Waals surface area (Å²) in [6.45, 7) is 2.23. The molecule has 152 valence electrons. The number of hydrogen-bond acceptors (Lipinski definition) is 6. The molecule has 7 heteroatoms. The number of ether oxygens (including phenoxy) is 2. The standard InChI is InChI=1S/C23H20N2O5/c1-2-29-21-13-16(15-24-25-19-10-6-9-18(14-19)22(26)27)11-12-20(21)30-23(28)17-7-4-3-5-8-17/h3-15,25H,2H2,1H3,(H,26,27). The molecule has 0 radical (unpaired) electrons. The number of nitrogens with zero attached hydrogens (tertiary/aromatic N) is 1. The van der Waals surface area contributed by atoms with E-state index in [4.69, 9.17) is 14.6 Å². The predicted octanol–water partition coefficient (Wildman–Crippen LogP) is 4.45. The van der Waals surface area contributed by atoms with Crippen molar-refractivity contribution in [3.8, 4) is 11.5 Å². The Morgan fingerprint density at radius 3 is 2.47 bits per heavy atom. The number of hydrazone groups is 1. The fourth-order valence-electron chi connectivity index (χ4n) is 2.59. The van der Waals surface area contributed by atoms with Crippen molar-refractivity contribution >= 4 is 23.8 Å². The quantitative estimate of drug-likeness (QED) is 0.249. The molecular formula is C23H20N2O5. The molecule has 0 aromatic heterocycles. The maximum atomic E-state index is 12.3. The fraction of sp³-hybridized carbons (Fsp3) is 0.0870. The number of carboxylic acid groups (broad SMARTS) is 1. The molecule has 0 amide bonds. The maximum Gasteiger partial charge on any atom is 0.343 e. The van der Waals surface area contributed by atoms with Crippen LogP contribution in [0.5, 0.6) is 11.5 Å². The molecule has 0 saturated carbocycles. The summed E-state index contributed by atoms with van der Waals surface area (Å²) in [5, 5.41) is 13.2. The van der Waals surface area contributed by atoms with Gasteiger partial charge in [-0.05, 0) is 61.0 Å². The summed E-state index contributed by atoms with van der Waals surface area (Å²) in [5.41, 5.74) is 4.65. The normalized spacial score (nSPS) is 10.6. The second kappa shape index (κ2) is 9.88. The molecule has 0 saturated heterocycles. The van der Waals surface area contributed by atoms with Gasteiger partial charge in [-0.25, -0.2) is 9.59 Å². The summed E-state index contributed by atoms with van der Waals surface area (Å²) < 4.78 is 11.1. The van der Waals surface area contributed by atoms with Crippen LogP contribution >= 0.6 is 0 Å². The summed E-state index contributed by atoms with van der Waals surface area (Å²) >= 11 is 0. The van der Waals surface area contributed by atoms with Crippen molar-refractivity contribution in [1.82, 2.24) is 0 Å². The van der Waals surface area contributed by atoms with Gasteiger partial charge in [-0.2, -0.15) is 5.10 Å². The Balaban J connectivity index is 1.72. The molecule has 0 unspecified atom stereocenters. The number of esters is 1. The van der Waals surface area contributed by atoms with Crippen molar-refractivity contribution in [3.05, 3.63) is 89.5 Å². The average Bonchev–Trinajstić information content (AvgIpc) is 2.76. The van der Waals surface area contributed by atoms with Crippen LogP contribution in [0.25, 0.3) is 0 Å². The number of anilines is 1. The molecule has 3 rings (SSSR count). The highest BCUT2D eigenvalue weighted by molar-refractivity contribution is 5.91. The van der Waals surface area contributed by atoms with Crippen LogP contribution in [0.4, 0.5) is 5.69 Å². The third-order valence-corrected chi connectivity index (χ3v) is 4.00. The van der Waals surface area contributed by atoms with Gasteiger partial charge in [0.25, 0.3) is 0 Å². The van der Waals surface area contributed by atoms with E-state index >= 15 is 0 Å². The first-order valence-corrected chi connectivity index (χ1v) is 9.23. The van der Waals surface area contributed by atoms with E-state index in [9.17, 15) is 9.59 Å². The van der Waals surface area contributed by atoms with Crippen LogP contribution in [-0.2, 0) is 0 Å². The van der Waals surface area contributed by atoms with E-state index in [0.717, 1.165) is 0 Å². The van der Waals surface area contributed by atoms with Crippen molar-refractivity contribution in [2.24, 2.45) is 5.10 Å². The first-order valence-electron chi connectivity index (χ1n) is 9.23. The Morgan fingerprint density at radius 2 is 1.73 bits per heavy atom. The molecule has 0 aliphatic heterocycles. The SMILES string of the molecule is CCOc1cc(C=NNc2cccc(C(=O)O)c2)ccc1OC(=O)c1ccccc1. The van der Waals surface area contributed by atoms with E-state index < -0.39 is 11.9 Å². The van der Waals surface area contributed by atoms with Crippen LogP contribution in [0.15, 0.2) is 77.9 Å². The molecule has 0 aliphatic rings. The van der Waals surface area contributed by atoms with Gasteiger partial charge < -0.3 is 14.6 Å². The number of aromatic carboxylic acids is 1. The number of hydrogen-bond donors (Lipinski definition) is 2. The lowest BCUT2D eigenvalue weighted by molar-refractivity contribution is 0.0694. The van der Waals surface area contributed by atoms with Gasteiger partial charge in [0.1, 0.15) is 0 Å². The van der Waals surface area contributed by atoms with Gasteiger partial charge in [0.05, 0.1) is 29.6 Å². The summed E-state index contributed by atoms with van der Waals surface area (Å²) in [5.74, 6) is -0.758. The van der Waals surface area contributed by atoms with Crippen LogP contribution < -0.4 is 14.9 Å². The Kier molecular flexibility index (Phi) is 6.78. The topological polar surface area (TPSA) is 97.2 Å². The molecule has 0 heterocycles. The Morgan fingerprint density at radius 1 is 0.967 bits per heavy atom. The molecule has 2 N–H and O–H groups in total. The van der Waals surface area contributed by atoms with E-state index in [2.05, 4.69) is 10.5 Å². The van der Waals surface area contributed by atoms with Gasteiger partial charge in [0.2, 0.25) is 0 Å². The monoisotopic (exact) mass is 404 g/mol. The molecule has 0 bridgehead atoms. The largest absolute Gasteiger partial charge is 0.490 e. The minimum absolute atomic E-state index is 0.165. The van der Waals surface area contributed by atoms with Gasteiger partial charge in [0.15, 0.2) is 11.5 Å². The minimum Gasteiger partial charge on any atom is -0.490 e. The number of nitrogens with one attached hydrogen (secondary N) is 1. The summed E-state index contributed by atoms with van der Waals surface area (Å²) in [4.78, 5) is 23.3. The molecule has 0 spiro atoms. The third-order valence-electron chi connectivity index (χ3n) is 4.00. The van der Waals surface area contributed by atoms with Crippen molar-refractivity contribution in [2.75, 3.05) is 12.0 Å². The van der Waals surface area contributed by atoms with Gasteiger partial charge >= 0.3 is 11.9 Å². The molecule has 0 fully saturated rings. The van der Waals surface area contributed by atoms with Gasteiger partial charge in [0, 0.05) is 0 Å². The smallest absolute Gasteiger partial charge is 0.343 e. The molecule has 30 heavy (non-hydrogen) atoms. The van der Waals surface area contributed by atoms with Gasteiger partial charge in [-0.1, -0.05) is 24.3 Å². The van der Waals surface area contributed by atoms with Crippen molar-refractivity contribution in [3.63, 3.8) is 0 Å². The lowest BCUT2D eigenvalue weighted by Crippen LogP contribution is -2.09. The van der Waals surface area contributed by atoms with Crippen molar-refractivity contribution in [2.45, 2.75) is 6.92 Å². The average molecular weight is 404 g/mol. The van der Waals surface area contributed by atoms with E-state index in [-0.39, 0.29) is 5.56 Å². The lowest BCUT2D eigenvalue weighted by Gasteiger charge is -2.11. The van der Waals surface area contributed by atoms with E-state index in [1.165, 1.54) is 12.1 Å².